The van der Waals surface area contributed by atoms with Crippen molar-refractivity contribution in [3.8, 4) is 0 Å². The lowest BCUT2D eigenvalue weighted by Gasteiger charge is -2.24. The SMILES string of the molecule is CCCCOCC(O)CNC(C)C(CC)CC. The van der Waals surface area contributed by atoms with Crippen molar-refractivity contribution in [2.75, 3.05) is 19.8 Å². The highest BCUT2D eigenvalue weighted by atomic mass is 16.5. The van der Waals surface area contributed by atoms with Crippen molar-refractivity contribution >= 4 is 0 Å². The van der Waals surface area contributed by atoms with Gasteiger partial charge in [0.1, 0.15) is 0 Å². The highest BCUT2D eigenvalue weighted by molar-refractivity contribution is 4.71. The van der Waals surface area contributed by atoms with Gasteiger partial charge in [0.15, 0.2) is 0 Å². The van der Waals surface area contributed by atoms with E-state index >= 15 is 0 Å². The Balaban J connectivity index is 3.57. The van der Waals surface area contributed by atoms with E-state index in [4.69, 9.17) is 4.74 Å². The molecule has 0 aromatic heterocycles. The summed E-state index contributed by atoms with van der Waals surface area (Å²) >= 11 is 0. The van der Waals surface area contributed by atoms with Gasteiger partial charge in [-0.1, -0.05) is 40.0 Å². The van der Waals surface area contributed by atoms with Gasteiger partial charge in [0, 0.05) is 19.2 Å². The second kappa shape index (κ2) is 11.0. The van der Waals surface area contributed by atoms with Crippen LogP contribution in [0.4, 0.5) is 0 Å². The van der Waals surface area contributed by atoms with Gasteiger partial charge in [0.25, 0.3) is 0 Å². The summed E-state index contributed by atoms with van der Waals surface area (Å²) in [5, 5.41) is 13.1. The fourth-order valence-electron chi connectivity index (χ4n) is 2.01. The van der Waals surface area contributed by atoms with Gasteiger partial charge in [0.05, 0.1) is 12.7 Å². The van der Waals surface area contributed by atoms with Crippen LogP contribution in [0.1, 0.15) is 53.4 Å². The molecule has 104 valence electrons. The number of aliphatic hydroxyl groups is 1. The van der Waals surface area contributed by atoms with Gasteiger partial charge < -0.3 is 15.2 Å². The van der Waals surface area contributed by atoms with Gasteiger partial charge in [-0.05, 0) is 19.3 Å². The molecular formula is C14H31NO2. The van der Waals surface area contributed by atoms with Crippen molar-refractivity contribution in [2.24, 2.45) is 5.92 Å². The fourth-order valence-corrected chi connectivity index (χ4v) is 2.01. The Hall–Kier alpha value is -0.120. The lowest BCUT2D eigenvalue weighted by atomic mass is 9.95. The van der Waals surface area contributed by atoms with Crippen LogP contribution in [-0.4, -0.2) is 37.0 Å². The number of nitrogens with one attached hydrogen (secondary N) is 1. The van der Waals surface area contributed by atoms with Gasteiger partial charge in [-0.2, -0.15) is 0 Å². The summed E-state index contributed by atoms with van der Waals surface area (Å²) in [5.41, 5.74) is 0. The van der Waals surface area contributed by atoms with Crippen LogP contribution in [0.3, 0.4) is 0 Å². The molecule has 0 saturated heterocycles. The van der Waals surface area contributed by atoms with E-state index in [1.165, 1.54) is 12.8 Å². The quantitative estimate of drug-likeness (QED) is 0.550. The highest BCUT2D eigenvalue weighted by Crippen LogP contribution is 2.12. The van der Waals surface area contributed by atoms with Crippen molar-refractivity contribution in [2.45, 2.75) is 65.5 Å². The van der Waals surface area contributed by atoms with Gasteiger partial charge in [-0.25, -0.2) is 0 Å². The van der Waals surface area contributed by atoms with E-state index in [-0.39, 0.29) is 6.10 Å². The molecule has 0 radical (unpaired) electrons. The number of rotatable bonds is 11. The third-order valence-electron chi connectivity index (χ3n) is 3.38. The van der Waals surface area contributed by atoms with Crippen molar-refractivity contribution in [1.82, 2.24) is 5.32 Å². The van der Waals surface area contributed by atoms with Crippen LogP contribution in [0, 0.1) is 5.92 Å². The minimum atomic E-state index is -0.385. The molecule has 0 rings (SSSR count). The summed E-state index contributed by atoms with van der Waals surface area (Å²) in [7, 11) is 0. The van der Waals surface area contributed by atoms with Crippen molar-refractivity contribution in [1.29, 1.82) is 0 Å². The molecule has 0 bridgehead atoms. The van der Waals surface area contributed by atoms with Crippen molar-refractivity contribution in [3.05, 3.63) is 0 Å². The standard InChI is InChI=1S/C14H31NO2/c1-5-8-9-17-11-14(16)10-15-12(4)13(6-2)7-3/h12-16H,5-11H2,1-4H3. The molecule has 2 N–H and O–H groups in total. The van der Waals surface area contributed by atoms with E-state index in [1.54, 1.807) is 0 Å². The summed E-state index contributed by atoms with van der Waals surface area (Å²) in [6.45, 7) is 10.6. The first-order chi connectivity index (χ1) is 8.15. The maximum Gasteiger partial charge on any atom is 0.0897 e. The number of hydrogen-bond acceptors (Lipinski definition) is 3. The molecule has 3 heteroatoms. The Labute approximate surface area is 107 Å². The van der Waals surface area contributed by atoms with Gasteiger partial charge >= 0.3 is 0 Å². The van der Waals surface area contributed by atoms with Crippen LogP contribution in [0.25, 0.3) is 0 Å². The van der Waals surface area contributed by atoms with Crippen LogP contribution < -0.4 is 5.32 Å². The Morgan fingerprint density at radius 1 is 1.18 bits per heavy atom. The number of aliphatic hydroxyl groups excluding tert-OH is 1. The van der Waals surface area contributed by atoms with Crippen LogP contribution in [0.5, 0.6) is 0 Å². The second-order valence-electron chi connectivity index (χ2n) is 4.86. The third kappa shape index (κ3) is 8.58. The van der Waals surface area contributed by atoms with Gasteiger partial charge in [-0.15, -0.1) is 0 Å². The molecule has 0 amide bonds. The predicted molar refractivity (Wildman–Crippen MR) is 73.3 cm³/mol. The van der Waals surface area contributed by atoms with Gasteiger partial charge in [0.2, 0.25) is 0 Å². The predicted octanol–water partition coefficient (Wildman–Crippen LogP) is 2.58. The summed E-state index contributed by atoms with van der Waals surface area (Å²) in [5.74, 6) is 0.697. The maximum atomic E-state index is 9.74. The molecule has 0 aromatic rings. The first-order valence-electron chi connectivity index (χ1n) is 7.14. The molecule has 2 unspecified atom stereocenters. The zero-order valence-electron chi connectivity index (χ0n) is 12.0. The molecule has 3 nitrogen and oxygen atoms in total. The lowest BCUT2D eigenvalue weighted by molar-refractivity contribution is 0.0338. The summed E-state index contributed by atoms with van der Waals surface area (Å²) in [6.07, 6.45) is 4.20. The van der Waals surface area contributed by atoms with Crippen LogP contribution in [0.2, 0.25) is 0 Å². The zero-order valence-corrected chi connectivity index (χ0v) is 12.0. The van der Waals surface area contributed by atoms with Crippen LogP contribution in [-0.2, 0) is 4.74 Å². The molecule has 0 spiro atoms. The molecule has 0 aliphatic carbocycles. The van der Waals surface area contributed by atoms with E-state index in [1.807, 2.05) is 0 Å². The van der Waals surface area contributed by atoms with Crippen molar-refractivity contribution in [3.63, 3.8) is 0 Å². The molecule has 0 saturated carbocycles. The molecule has 17 heavy (non-hydrogen) atoms. The molecule has 0 aliphatic heterocycles. The number of hydrogen-bond donors (Lipinski definition) is 2. The molecule has 0 heterocycles. The number of unbranched alkanes of at least 4 members (excludes halogenated alkanes) is 1. The first-order valence-corrected chi connectivity index (χ1v) is 7.14. The largest absolute Gasteiger partial charge is 0.389 e. The molecular weight excluding hydrogens is 214 g/mol. The summed E-state index contributed by atoms with van der Waals surface area (Å²) in [6, 6.07) is 0.468. The second-order valence-corrected chi connectivity index (χ2v) is 4.86. The zero-order chi connectivity index (χ0) is 13.1. The minimum absolute atomic E-state index is 0.385. The maximum absolute atomic E-state index is 9.74. The summed E-state index contributed by atoms with van der Waals surface area (Å²) in [4.78, 5) is 0. The average molecular weight is 245 g/mol. The van der Waals surface area contributed by atoms with Gasteiger partial charge in [-0.3, -0.25) is 0 Å². The van der Waals surface area contributed by atoms with Crippen LogP contribution >= 0.6 is 0 Å². The highest BCUT2D eigenvalue weighted by Gasteiger charge is 2.14. The fraction of sp³-hybridized carbons (Fsp3) is 1.00. The Morgan fingerprint density at radius 2 is 1.82 bits per heavy atom. The normalized spacial score (nSPS) is 15.2. The molecule has 2 atom stereocenters. The van der Waals surface area contributed by atoms with Crippen LogP contribution in [0.15, 0.2) is 0 Å². The lowest BCUT2D eigenvalue weighted by Crippen LogP contribution is -2.39. The Morgan fingerprint density at radius 3 is 2.35 bits per heavy atom. The molecule has 0 aromatic carbocycles. The van der Waals surface area contributed by atoms with E-state index in [0.717, 1.165) is 19.4 Å². The third-order valence-corrected chi connectivity index (χ3v) is 3.38. The van der Waals surface area contributed by atoms with Crippen molar-refractivity contribution < 1.29 is 9.84 Å². The minimum Gasteiger partial charge on any atom is -0.389 e. The number of ether oxygens (including phenoxy) is 1. The van der Waals surface area contributed by atoms with E-state index < -0.39 is 0 Å². The smallest absolute Gasteiger partial charge is 0.0897 e. The Kier molecular flexibility index (Phi) is 10.9. The average Bonchev–Trinajstić information content (AvgIpc) is 2.33. The van der Waals surface area contributed by atoms with E-state index in [2.05, 4.69) is 33.0 Å². The molecule has 0 aliphatic rings. The monoisotopic (exact) mass is 245 g/mol. The Bertz CT molecular complexity index is 160. The first kappa shape index (κ1) is 16.9. The topological polar surface area (TPSA) is 41.5 Å². The summed E-state index contributed by atoms with van der Waals surface area (Å²) < 4.78 is 5.39. The van der Waals surface area contributed by atoms with E-state index in [9.17, 15) is 5.11 Å². The molecule has 0 fully saturated rings. The van der Waals surface area contributed by atoms with E-state index in [0.29, 0.717) is 25.1 Å².